The molecule has 2 heteroatoms. The minimum atomic E-state index is 0.221. The van der Waals surface area contributed by atoms with Gasteiger partial charge in [0.15, 0.2) is 0 Å². The van der Waals surface area contributed by atoms with E-state index in [0.29, 0.717) is 18.4 Å². The number of hydrogen-bond donors (Lipinski definition) is 0. The van der Waals surface area contributed by atoms with E-state index in [1.54, 1.807) is 12.1 Å². The highest BCUT2D eigenvalue weighted by molar-refractivity contribution is 5.81. The number of ketones is 1. The molecule has 0 radical (unpaired) electrons. The van der Waals surface area contributed by atoms with Gasteiger partial charge in [0.05, 0.1) is 0 Å². The Morgan fingerprint density at radius 3 is 2.38 bits per heavy atom. The third-order valence-corrected chi connectivity index (χ3v) is 1.91. The van der Waals surface area contributed by atoms with Crippen LogP contribution >= 0.6 is 0 Å². The standard InChI is InChI=1S/C11H12O2/c1-2-11(13)7-9-3-5-10(8-12)6-4-9/h3-6,8H,2,7H2,1H3. The van der Waals surface area contributed by atoms with Crippen molar-refractivity contribution in [2.24, 2.45) is 0 Å². The Morgan fingerprint density at radius 1 is 1.31 bits per heavy atom. The van der Waals surface area contributed by atoms with E-state index in [1.165, 1.54) is 0 Å². The van der Waals surface area contributed by atoms with Crippen molar-refractivity contribution in [3.05, 3.63) is 35.4 Å². The third-order valence-electron chi connectivity index (χ3n) is 1.91. The fraction of sp³-hybridized carbons (Fsp3) is 0.273. The van der Waals surface area contributed by atoms with Gasteiger partial charge in [-0.2, -0.15) is 0 Å². The SMILES string of the molecule is CCC(=O)Cc1ccc(C=O)cc1. The maximum absolute atomic E-state index is 11.1. The molecule has 0 unspecified atom stereocenters. The molecule has 13 heavy (non-hydrogen) atoms. The molecule has 1 aromatic carbocycles. The van der Waals surface area contributed by atoms with E-state index < -0.39 is 0 Å². The number of Topliss-reactive ketones (excluding diaryl/α,β-unsaturated/α-hetero) is 1. The van der Waals surface area contributed by atoms with Gasteiger partial charge >= 0.3 is 0 Å². The Labute approximate surface area is 77.6 Å². The number of rotatable bonds is 4. The summed E-state index contributed by atoms with van der Waals surface area (Å²) >= 11 is 0. The number of benzene rings is 1. The maximum Gasteiger partial charge on any atom is 0.150 e. The summed E-state index contributed by atoms with van der Waals surface area (Å²) in [4.78, 5) is 21.4. The number of carbonyl (C=O) groups is 2. The fourth-order valence-corrected chi connectivity index (χ4v) is 1.07. The third kappa shape index (κ3) is 2.82. The average Bonchev–Trinajstić information content (AvgIpc) is 2.19. The van der Waals surface area contributed by atoms with Crippen LogP contribution in [0.25, 0.3) is 0 Å². The molecule has 0 fully saturated rings. The first-order valence-corrected chi connectivity index (χ1v) is 4.32. The molecule has 0 atom stereocenters. The number of aldehydes is 1. The number of carbonyl (C=O) groups excluding carboxylic acids is 2. The summed E-state index contributed by atoms with van der Waals surface area (Å²) in [6.45, 7) is 1.85. The Balaban J connectivity index is 2.69. The molecule has 0 N–H and O–H groups in total. The molecule has 0 spiro atoms. The molecule has 0 aromatic heterocycles. The van der Waals surface area contributed by atoms with Gasteiger partial charge in [-0.05, 0) is 5.56 Å². The van der Waals surface area contributed by atoms with Crippen molar-refractivity contribution < 1.29 is 9.59 Å². The van der Waals surface area contributed by atoms with Gasteiger partial charge in [0.25, 0.3) is 0 Å². The minimum absolute atomic E-state index is 0.221. The Bertz CT molecular complexity index is 298. The summed E-state index contributed by atoms with van der Waals surface area (Å²) in [5.41, 5.74) is 1.62. The number of hydrogen-bond acceptors (Lipinski definition) is 2. The lowest BCUT2D eigenvalue weighted by Gasteiger charge is -1.98. The molecule has 0 aliphatic carbocycles. The minimum Gasteiger partial charge on any atom is -0.299 e. The van der Waals surface area contributed by atoms with Crippen LogP contribution in [0.4, 0.5) is 0 Å². The van der Waals surface area contributed by atoms with Gasteiger partial charge in [0.1, 0.15) is 12.1 Å². The molecule has 1 rings (SSSR count). The second-order valence-electron chi connectivity index (χ2n) is 2.93. The first-order valence-electron chi connectivity index (χ1n) is 4.32. The van der Waals surface area contributed by atoms with Crippen LogP contribution in [0.5, 0.6) is 0 Å². The molecule has 0 aliphatic rings. The first-order chi connectivity index (χ1) is 6.26. The van der Waals surface area contributed by atoms with E-state index >= 15 is 0 Å². The molecular weight excluding hydrogens is 164 g/mol. The highest BCUT2D eigenvalue weighted by Gasteiger charge is 2.00. The van der Waals surface area contributed by atoms with Crippen LogP contribution in [-0.4, -0.2) is 12.1 Å². The van der Waals surface area contributed by atoms with Crippen LogP contribution in [0.2, 0.25) is 0 Å². The van der Waals surface area contributed by atoms with Crippen molar-refractivity contribution in [2.45, 2.75) is 19.8 Å². The summed E-state index contributed by atoms with van der Waals surface area (Å²) < 4.78 is 0. The van der Waals surface area contributed by atoms with Crippen LogP contribution in [-0.2, 0) is 11.2 Å². The summed E-state index contributed by atoms with van der Waals surface area (Å²) in [6, 6.07) is 7.09. The van der Waals surface area contributed by atoms with Crippen LogP contribution < -0.4 is 0 Å². The maximum atomic E-state index is 11.1. The molecule has 68 valence electrons. The average molecular weight is 176 g/mol. The van der Waals surface area contributed by atoms with E-state index in [4.69, 9.17) is 0 Å². The van der Waals surface area contributed by atoms with Crippen LogP contribution in [0.15, 0.2) is 24.3 Å². The van der Waals surface area contributed by atoms with Crippen molar-refractivity contribution in [1.29, 1.82) is 0 Å². The van der Waals surface area contributed by atoms with Crippen molar-refractivity contribution in [1.82, 2.24) is 0 Å². The van der Waals surface area contributed by atoms with Crippen LogP contribution in [0, 0.1) is 0 Å². The van der Waals surface area contributed by atoms with Crippen molar-refractivity contribution in [3.63, 3.8) is 0 Å². The van der Waals surface area contributed by atoms with Gasteiger partial charge in [-0.1, -0.05) is 31.2 Å². The normalized spacial score (nSPS) is 9.62. The highest BCUT2D eigenvalue weighted by atomic mass is 16.1. The molecular formula is C11H12O2. The van der Waals surface area contributed by atoms with Crippen molar-refractivity contribution in [3.8, 4) is 0 Å². The lowest BCUT2D eigenvalue weighted by molar-refractivity contribution is -0.118. The van der Waals surface area contributed by atoms with E-state index in [2.05, 4.69) is 0 Å². The Hall–Kier alpha value is -1.44. The molecule has 1 aromatic rings. The van der Waals surface area contributed by atoms with Gasteiger partial charge in [-0.3, -0.25) is 9.59 Å². The van der Waals surface area contributed by atoms with Gasteiger partial charge in [0, 0.05) is 18.4 Å². The molecule has 0 saturated heterocycles. The van der Waals surface area contributed by atoms with Crippen LogP contribution in [0.1, 0.15) is 29.3 Å². The van der Waals surface area contributed by atoms with E-state index in [9.17, 15) is 9.59 Å². The van der Waals surface area contributed by atoms with Crippen molar-refractivity contribution >= 4 is 12.1 Å². The molecule has 0 aliphatic heterocycles. The molecule has 0 saturated carbocycles. The van der Waals surface area contributed by atoms with E-state index in [-0.39, 0.29) is 5.78 Å². The molecule has 0 heterocycles. The molecule has 0 amide bonds. The second-order valence-corrected chi connectivity index (χ2v) is 2.93. The predicted octanol–water partition coefficient (Wildman–Crippen LogP) is 2.02. The fourth-order valence-electron chi connectivity index (χ4n) is 1.07. The lowest BCUT2D eigenvalue weighted by atomic mass is 10.1. The van der Waals surface area contributed by atoms with Gasteiger partial charge in [-0.25, -0.2) is 0 Å². The van der Waals surface area contributed by atoms with Gasteiger partial charge in [-0.15, -0.1) is 0 Å². The summed E-state index contributed by atoms with van der Waals surface area (Å²) in [5, 5.41) is 0. The zero-order valence-electron chi connectivity index (χ0n) is 7.62. The summed E-state index contributed by atoms with van der Waals surface area (Å²) in [7, 11) is 0. The van der Waals surface area contributed by atoms with E-state index in [1.807, 2.05) is 19.1 Å². The first kappa shape index (κ1) is 9.65. The zero-order valence-corrected chi connectivity index (χ0v) is 7.62. The summed E-state index contributed by atoms with van der Waals surface area (Å²) in [5.74, 6) is 0.221. The van der Waals surface area contributed by atoms with Gasteiger partial charge < -0.3 is 0 Å². The smallest absolute Gasteiger partial charge is 0.150 e. The Kier molecular flexibility index (Phi) is 3.38. The van der Waals surface area contributed by atoms with E-state index in [0.717, 1.165) is 11.8 Å². The van der Waals surface area contributed by atoms with Crippen LogP contribution in [0.3, 0.4) is 0 Å². The quantitative estimate of drug-likeness (QED) is 0.658. The van der Waals surface area contributed by atoms with Gasteiger partial charge in [0.2, 0.25) is 0 Å². The topological polar surface area (TPSA) is 34.1 Å². The largest absolute Gasteiger partial charge is 0.299 e. The lowest BCUT2D eigenvalue weighted by Crippen LogP contribution is -1.99. The zero-order chi connectivity index (χ0) is 9.68. The second kappa shape index (κ2) is 4.55. The molecule has 0 bridgehead atoms. The summed E-state index contributed by atoms with van der Waals surface area (Å²) in [6.07, 6.45) is 1.83. The monoisotopic (exact) mass is 176 g/mol. The highest BCUT2D eigenvalue weighted by Crippen LogP contribution is 2.04. The van der Waals surface area contributed by atoms with Crippen molar-refractivity contribution in [2.75, 3.05) is 0 Å². The predicted molar refractivity (Wildman–Crippen MR) is 50.8 cm³/mol. The Morgan fingerprint density at radius 2 is 1.92 bits per heavy atom. The molecule has 2 nitrogen and oxygen atoms in total.